The summed E-state index contributed by atoms with van der Waals surface area (Å²) in [6.45, 7) is 5.49. The van der Waals surface area contributed by atoms with Crippen LogP contribution in [0.3, 0.4) is 0 Å². The first-order valence-electron chi connectivity index (χ1n) is 8.30. The van der Waals surface area contributed by atoms with Crippen LogP contribution in [-0.2, 0) is 16.6 Å². The van der Waals surface area contributed by atoms with Crippen molar-refractivity contribution in [1.29, 1.82) is 0 Å². The second-order valence-corrected chi connectivity index (χ2v) is 8.64. The third-order valence-electron chi connectivity index (χ3n) is 4.79. The SMILES string of the molecule is C/C=C/c1ccc(=O)n2c1[C@@H]1C[C@@H](CN(S(=O)(=O)CCC)C1)C2. The lowest BCUT2D eigenvalue weighted by Gasteiger charge is -2.42. The lowest BCUT2D eigenvalue weighted by Crippen LogP contribution is -2.49. The van der Waals surface area contributed by atoms with Gasteiger partial charge in [0.25, 0.3) is 5.56 Å². The smallest absolute Gasteiger partial charge is 0.250 e. The summed E-state index contributed by atoms with van der Waals surface area (Å²) in [6.07, 6.45) is 5.56. The molecule has 0 N–H and O–H groups in total. The van der Waals surface area contributed by atoms with Crippen LogP contribution in [0.2, 0.25) is 0 Å². The monoisotopic (exact) mass is 336 g/mol. The molecule has 2 aliphatic heterocycles. The van der Waals surface area contributed by atoms with Gasteiger partial charge in [-0.15, -0.1) is 0 Å². The fourth-order valence-corrected chi connectivity index (χ4v) is 5.56. The van der Waals surface area contributed by atoms with E-state index in [2.05, 4.69) is 0 Å². The van der Waals surface area contributed by atoms with E-state index in [1.807, 2.05) is 36.6 Å². The number of hydrogen-bond donors (Lipinski definition) is 0. The van der Waals surface area contributed by atoms with Crippen molar-refractivity contribution in [2.24, 2.45) is 5.92 Å². The second kappa shape index (κ2) is 6.24. The molecule has 1 aromatic heterocycles. The van der Waals surface area contributed by atoms with Crippen LogP contribution in [0.5, 0.6) is 0 Å². The van der Waals surface area contributed by atoms with Crippen molar-refractivity contribution in [1.82, 2.24) is 8.87 Å². The van der Waals surface area contributed by atoms with Crippen molar-refractivity contribution < 1.29 is 8.42 Å². The van der Waals surface area contributed by atoms with E-state index in [0.717, 1.165) is 17.7 Å². The van der Waals surface area contributed by atoms with Crippen LogP contribution in [-0.4, -0.2) is 36.1 Å². The Hall–Kier alpha value is -1.40. The third kappa shape index (κ3) is 3.02. The molecule has 23 heavy (non-hydrogen) atoms. The van der Waals surface area contributed by atoms with Crippen LogP contribution < -0.4 is 5.56 Å². The van der Waals surface area contributed by atoms with Gasteiger partial charge in [-0.05, 0) is 37.3 Å². The highest BCUT2D eigenvalue weighted by Gasteiger charge is 2.39. The van der Waals surface area contributed by atoms with Gasteiger partial charge in [0.1, 0.15) is 0 Å². The zero-order valence-corrected chi connectivity index (χ0v) is 14.6. The van der Waals surface area contributed by atoms with Gasteiger partial charge in [0.2, 0.25) is 10.0 Å². The molecule has 0 unspecified atom stereocenters. The molecule has 3 heterocycles. The lowest BCUT2D eigenvalue weighted by molar-refractivity contribution is 0.186. The maximum absolute atomic E-state index is 12.4. The Bertz CT molecular complexity index is 780. The molecule has 2 atom stereocenters. The zero-order chi connectivity index (χ0) is 16.6. The van der Waals surface area contributed by atoms with E-state index >= 15 is 0 Å². The van der Waals surface area contributed by atoms with Gasteiger partial charge in [-0.1, -0.05) is 19.1 Å². The minimum absolute atomic E-state index is 0.0211. The van der Waals surface area contributed by atoms with Crippen LogP contribution in [0.4, 0.5) is 0 Å². The van der Waals surface area contributed by atoms with Gasteiger partial charge >= 0.3 is 0 Å². The van der Waals surface area contributed by atoms with E-state index in [0.29, 0.717) is 26.1 Å². The minimum Gasteiger partial charge on any atom is -0.311 e. The highest BCUT2D eigenvalue weighted by atomic mass is 32.2. The van der Waals surface area contributed by atoms with E-state index < -0.39 is 10.0 Å². The average molecular weight is 336 g/mol. The van der Waals surface area contributed by atoms with Crippen molar-refractivity contribution >= 4 is 16.1 Å². The van der Waals surface area contributed by atoms with Crippen LogP contribution in [0.15, 0.2) is 23.0 Å². The molecule has 126 valence electrons. The van der Waals surface area contributed by atoms with E-state index in [1.165, 1.54) is 0 Å². The van der Waals surface area contributed by atoms with E-state index in [9.17, 15) is 13.2 Å². The maximum Gasteiger partial charge on any atom is 0.250 e. The number of aromatic nitrogens is 1. The average Bonchev–Trinajstić information content (AvgIpc) is 2.50. The van der Waals surface area contributed by atoms with Crippen LogP contribution in [0, 0.1) is 5.92 Å². The van der Waals surface area contributed by atoms with Crippen LogP contribution in [0.1, 0.15) is 43.9 Å². The van der Waals surface area contributed by atoms with Crippen molar-refractivity contribution in [3.05, 3.63) is 39.8 Å². The molecule has 0 saturated carbocycles. The van der Waals surface area contributed by atoms with Crippen molar-refractivity contribution in [3.63, 3.8) is 0 Å². The normalized spacial score (nSPS) is 24.8. The van der Waals surface area contributed by atoms with Gasteiger partial charge in [0.15, 0.2) is 0 Å². The molecule has 5 nitrogen and oxygen atoms in total. The number of pyridine rings is 1. The Morgan fingerprint density at radius 1 is 1.26 bits per heavy atom. The van der Waals surface area contributed by atoms with Gasteiger partial charge in [-0.3, -0.25) is 4.79 Å². The quantitative estimate of drug-likeness (QED) is 0.845. The summed E-state index contributed by atoms with van der Waals surface area (Å²) in [6, 6.07) is 3.47. The van der Waals surface area contributed by atoms with Crippen LogP contribution in [0.25, 0.3) is 6.08 Å². The number of allylic oxidation sites excluding steroid dienone is 1. The fraction of sp³-hybridized carbons (Fsp3) is 0.588. The molecule has 6 heteroatoms. The second-order valence-electron chi connectivity index (χ2n) is 6.55. The highest BCUT2D eigenvalue weighted by molar-refractivity contribution is 7.89. The summed E-state index contributed by atoms with van der Waals surface area (Å²) < 4.78 is 28.4. The Kier molecular flexibility index (Phi) is 4.47. The standard InChI is InChI=1S/C17H24N2O3S/c1-3-5-14-6-7-16(20)19-11-13-9-15(17(14)19)12-18(10-13)23(21,22)8-4-2/h3,5-7,13,15H,4,8-12H2,1-2H3/b5-3+/t13-,15+/m0/s1. The summed E-state index contributed by atoms with van der Waals surface area (Å²) in [7, 11) is -3.19. The Labute approximate surface area is 137 Å². The van der Waals surface area contributed by atoms with E-state index in [4.69, 9.17) is 0 Å². The Balaban J connectivity index is 2.02. The number of piperidine rings is 1. The molecular weight excluding hydrogens is 312 g/mol. The number of nitrogens with zero attached hydrogens (tertiary/aromatic N) is 2. The molecule has 0 spiro atoms. The first-order valence-corrected chi connectivity index (χ1v) is 9.91. The Morgan fingerprint density at radius 2 is 2.04 bits per heavy atom. The zero-order valence-electron chi connectivity index (χ0n) is 13.7. The molecule has 2 bridgehead atoms. The third-order valence-corrected chi connectivity index (χ3v) is 6.80. The molecule has 0 aromatic carbocycles. The summed E-state index contributed by atoms with van der Waals surface area (Å²) in [5, 5.41) is 0. The lowest BCUT2D eigenvalue weighted by atomic mass is 9.82. The largest absolute Gasteiger partial charge is 0.311 e. The number of fused-ring (bicyclic) bond motifs is 4. The molecule has 1 aromatic rings. The predicted octanol–water partition coefficient (Wildman–Crippen LogP) is 2.04. The predicted molar refractivity (Wildman–Crippen MR) is 91.9 cm³/mol. The van der Waals surface area contributed by atoms with Crippen molar-refractivity contribution in [2.45, 2.75) is 39.2 Å². The summed E-state index contributed by atoms with van der Waals surface area (Å²) in [5.74, 6) is 0.538. The molecule has 0 radical (unpaired) electrons. The van der Waals surface area contributed by atoms with Gasteiger partial charge in [0, 0.05) is 37.3 Å². The number of sulfonamides is 1. The summed E-state index contributed by atoms with van der Waals surface area (Å²) in [4.78, 5) is 12.2. The van der Waals surface area contributed by atoms with E-state index in [1.54, 1.807) is 10.4 Å². The fourth-order valence-electron chi connectivity index (χ4n) is 3.94. The summed E-state index contributed by atoms with van der Waals surface area (Å²) >= 11 is 0. The Morgan fingerprint density at radius 3 is 2.74 bits per heavy atom. The minimum atomic E-state index is -3.19. The molecule has 2 aliphatic rings. The van der Waals surface area contributed by atoms with Crippen LogP contribution >= 0.6 is 0 Å². The molecule has 3 rings (SSSR count). The number of rotatable bonds is 4. The highest BCUT2D eigenvalue weighted by Crippen LogP contribution is 2.38. The number of hydrogen-bond acceptors (Lipinski definition) is 3. The van der Waals surface area contributed by atoms with Gasteiger partial charge in [-0.2, -0.15) is 0 Å². The topological polar surface area (TPSA) is 59.4 Å². The van der Waals surface area contributed by atoms with Crippen molar-refractivity contribution in [2.75, 3.05) is 18.8 Å². The molecular formula is C17H24N2O3S. The van der Waals surface area contributed by atoms with Gasteiger partial charge in [-0.25, -0.2) is 12.7 Å². The molecule has 1 fully saturated rings. The summed E-state index contributed by atoms with van der Waals surface area (Å²) in [5.41, 5.74) is 2.06. The van der Waals surface area contributed by atoms with Gasteiger partial charge < -0.3 is 4.57 Å². The van der Waals surface area contributed by atoms with Gasteiger partial charge in [0.05, 0.1) is 5.75 Å². The molecule has 1 saturated heterocycles. The van der Waals surface area contributed by atoms with Crippen molar-refractivity contribution in [3.8, 4) is 0 Å². The van der Waals surface area contributed by atoms with E-state index in [-0.39, 0.29) is 23.1 Å². The molecule has 0 aliphatic carbocycles. The first kappa shape index (κ1) is 16.5. The maximum atomic E-state index is 12.4. The molecule has 0 amide bonds. The first-order chi connectivity index (χ1) is 11.0.